The summed E-state index contributed by atoms with van der Waals surface area (Å²) in [5.74, 6) is 0.824. The summed E-state index contributed by atoms with van der Waals surface area (Å²) in [5, 5.41) is 0. The number of nitrogens with zero attached hydrogens (tertiary/aromatic N) is 1. The summed E-state index contributed by atoms with van der Waals surface area (Å²) in [7, 11) is 1.77. The van der Waals surface area contributed by atoms with Crippen LogP contribution < -0.4 is 10.5 Å². The number of hydrogen-bond donors (Lipinski definition) is 1. The van der Waals surface area contributed by atoms with Crippen LogP contribution in [0.5, 0.6) is 5.75 Å². The Labute approximate surface area is 108 Å². The first-order valence-electron chi connectivity index (χ1n) is 6.59. The summed E-state index contributed by atoms with van der Waals surface area (Å²) >= 11 is 0. The second kappa shape index (κ2) is 6.16. The number of rotatable bonds is 4. The molecule has 0 aliphatic heterocycles. The van der Waals surface area contributed by atoms with E-state index in [1.54, 1.807) is 7.11 Å². The summed E-state index contributed by atoms with van der Waals surface area (Å²) in [6.07, 6.45) is 4.86. The molecule has 1 aromatic rings. The van der Waals surface area contributed by atoms with Crippen molar-refractivity contribution in [3.8, 4) is 5.75 Å². The zero-order valence-corrected chi connectivity index (χ0v) is 11.2. The molecule has 2 rings (SSSR count). The van der Waals surface area contributed by atoms with Gasteiger partial charge in [0.05, 0.1) is 11.8 Å². The number of aromatic nitrogens is 1. The van der Waals surface area contributed by atoms with Crippen LogP contribution in [0, 0.1) is 6.92 Å². The van der Waals surface area contributed by atoms with Crippen LogP contribution in [-0.4, -0.2) is 24.3 Å². The third-order valence-corrected chi connectivity index (χ3v) is 3.47. The summed E-state index contributed by atoms with van der Waals surface area (Å²) in [4.78, 5) is 4.42. The monoisotopic (exact) mass is 250 g/mol. The Bertz CT molecular complexity index is 395. The molecule has 1 fully saturated rings. The van der Waals surface area contributed by atoms with Crippen molar-refractivity contribution in [3.63, 3.8) is 0 Å². The van der Waals surface area contributed by atoms with Crippen LogP contribution in [0.2, 0.25) is 0 Å². The molecule has 100 valence electrons. The predicted octanol–water partition coefficient (Wildman–Crippen LogP) is 2.19. The van der Waals surface area contributed by atoms with Crippen LogP contribution in [0.15, 0.2) is 12.1 Å². The van der Waals surface area contributed by atoms with E-state index >= 15 is 0 Å². The lowest BCUT2D eigenvalue weighted by molar-refractivity contribution is 0.0205. The van der Waals surface area contributed by atoms with E-state index in [9.17, 15) is 0 Å². The molecule has 0 bridgehead atoms. The van der Waals surface area contributed by atoms with Gasteiger partial charge in [-0.25, -0.2) is 0 Å². The molecule has 1 aliphatic carbocycles. The minimum Gasteiger partial charge on any atom is -0.488 e. The molecule has 1 heterocycles. The molecule has 18 heavy (non-hydrogen) atoms. The van der Waals surface area contributed by atoms with Gasteiger partial charge in [0.25, 0.3) is 0 Å². The Hall–Kier alpha value is -1.13. The maximum atomic E-state index is 6.04. The Balaban J connectivity index is 2.04. The van der Waals surface area contributed by atoms with E-state index in [2.05, 4.69) is 4.98 Å². The number of aryl methyl sites for hydroxylation is 1. The van der Waals surface area contributed by atoms with E-state index in [1.165, 1.54) is 0 Å². The highest BCUT2D eigenvalue weighted by Crippen LogP contribution is 2.26. The van der Waals surface area contributed by atoms with Gasteiger partial charge in [0.1, 0.15) is 11.9 Å². The molecular weight excluding hydrogens is 228 g/mol. The summed E-state index contributed by atoms with van der Waals surface area (Å²) in [6.45, 7) is 2.38. The van der Waals surface area contributed by atoms with Crippen molar-refractivity contribution in [3.05, 3.63) is 23.5 Å². The highest BCUT2D eigenvalue weighted by atomic mass is 16.5. The first-order chi connectivity index (χ1) is 8.72. The highest BCUT2D eigenvalue weighted by Gasteiger charge is 2.23. The SMILES string of the molecule is COC1CCCC(Oc2ccc(C)nc2CN)C1. The molecule has 0 amide bonds. The van der Waals surface area contributed by atoms with Gasteiger partial charge in [-0.15, -0.1) is 0 Å². The lowest BCUT2D eigenvalue weighted by Crippen LogP contribution is -2.30. The average Bonchev–Trinajstić information content (AvgIpc) is 2.41. The van der Waals surface area contributed by atoms with E-state index in [0.29, 0.717) is 12.6 Å². The van der Waals surface area contributed by atoms with Gasteiger partial charge in [-0.05, 0) is 38.3 Å². The van der Waals surface area contributed by atoms with Gasteiger partial charge < -0.3 is 15.2 Å². The van der Waals surface area contributed by atoms with E-state index in [0.717, 1.165) is 42.8 Å². The molecule has 1 aliphatic rings. The van der Waals surface area contributed by atoms with Crippen LogP contribution >= 0.6 is 0 Å². The van der Waals surface area contributed by atoms with Crippen molar-refractivity contribution in [2.75, 3.05) is 7.11 Å². The number of hydrogen-bond acceptors (Lipinski definition) is 4. The Morgan fingerprint density at radius 2 is 2.11 bits per heavy atom. The lowest BCUT2D eigenvalue weighted by Gasteiger charge is -2.29. The van der Waals surface area contributed by atoms with Gasteiger partial charge in [0, 0.05) is 25.8 Å². The molecule has 2 N–H and O–H groups in total. The van der Waals surface area contributed by atoms with E-state index in [4.69, 9.17) is 15.2 Å². The Kier molecular flexibility index (Phi) is 4.55. The summed E-state index contributed by atoms with van der Waals surface area (Å²) in [5.41, 5.74) is 7.53. The number of pyridine rings is 1. The van der Waals surface area contributed by atoms with Gasteiger partial charge in [0.15, 0.2) is 0 Å². The fraction of sp³-hybridized carbons (Fsp3) is 0.643. The average molecular weight is 250 g/mol. The molecule has 4 nitrogen and oxygen atoms in total. The van der Waals surface area contributed by atoms with E-state index in [1.807, 2.05) is 19.1 Å². The van der Waals surface area contributed by atoms with Gasteiger partial charge in [-0.2, -0.15) is 0 Å². The summed E-state index contributed by atoms with van der Waals surface area (Å²) in [6, 6.07) is 3.94. The topological polar surface area (TPSA) is 57.4 Å². The molecule has 0 spiro atoms. The summed E-state index contributed by atoms with van der Waals surface area (Å²) < 4.78 is 11.5. The van der Waals surface area contributed by atoms with Gasteiger partial charge in [0.2, 0.25) is 0 Å². The molecule has 1 saturated carbocycles. The Morgan fingerprint density at radius 1 is 1.33 bits per heavy atom. The fourth-order valence-corrected chi connectivity index (χ4v) is 2.45. The molecule has 0 radical (unpaired) electrons. The van der Waals surface area contributed by atoms with Crippen molar-refractivity contribution in [1.29, 1.82) is 0 Å². The van der Waals surface area contributed by atoms with Crippen LogP contribution in [0.1, 0.15) is 37.1 Å². The van der Waals surface area contributed by atoms with Crippen molar-refractivity contribution in [2.45, 2.75) is 51.4 Å². The minimum atomic E-state index is 0.221. The Morgan fingerprint density at radius 3 is 2.83 bits per heavy atom. The standard InChI is InChI=1S/C14H22N2O2/c1-10-6-7-14(13(9-15)16-10)18-12-5-3-4-11(8-12)17-2/h6-7,11-12H,3-5,8-9,15H2,1-2H3. The maximum Gasteiger partial charge on any atom is 0.142 e. The largest absolute Gasteiger partial charge is 0.488 e. The van der Waals surface area contributed by atoms with Crippen molar-refractivity contribution in [1.82, 2.24) is 4.98 Å². The second-order valence-electron chi connectivity index (χ2n) is 4.87. The van der Waals surface area contributed by atoms with E-state index < -0.39 is 0 Å². The number of methoxy groups -OCH3 is 1. The van der Waals surface area contributed by atoms with Gasteiger partial charge in [-0.1, -0.05) is 0 Å². The maximum absolute atomic E-state index is 6.04. The van der Waals surface area contributed by atoms with Crippen LogP contribution in [0.3, 0.4) is 0 Å². The van der Waals surface area contributed by atoms with Crippen LogP contribution in [0.4, 0.5) is 0 Å². The molecule has 2 atom stereocenters. The number of nitrogens with two attached hydrogens (primary N) is 1. The smallest absolute Gasteiger partial charge is 0.142 e. The number of ether oxygens (including phenoxy) is 2. The molecule has 4 heteroatoms. The van der Waals surface area contributed by atoms with Gasteiger partial charge >= 0.3 is 0 Å². The molecule has 0 aromatic carbocycles. The highest BCUT2D eigenvalue weighted by molar-refractivity contribution is 5.29. The fourth-order valence-electron chi connectivity index (χ4n) is 2.45. The van der Waals surface area contributed by atoms with Crippen molar-refractivity contribution in [2.24, 2.45) is 5.73 Å². The first-order valence-corrected chi connectivity index (χ1v) is 6.59. The molecule has 1 aromatic heterocycles. The zero-order valence-electron chi connectivity index (χ0n) is 11.2. The normalized spacial score (nSPS) is 23.9. The molecular formula is C14H22N2O2. The van der Waals surface area contributed by atoms with Crippen molar-refractivity contribution < 1.29 is 9.47 Å². The lowest BCUT2D eigenvalue weighted by atomic mass is 9.95. The first kappa shape index (κ1) is 13.3. The van der Waals surface area contributed by atoms with E-state index in [-0.39, 0.29) is 6.10 Å². The second-order valence-corrected chi connectivity index (χ2v) is 4.87. The third-order valence-electron chi connectivity index (χ3n) is 3.47. The van der Waals surface area contributed by atoms with Crippen LogP contribution in [0.25, 0.3) is 0 Å². The van der Waals surface area contributed by atoms with Gasteiger partial charge in [-0.3, -0.25) is 4.98 Å². The van der Waals surface area contributed by atoms with Crippen LogP contribution in [-0.2, 0) is 11.3 Å². The zero-order chi connectivity index (χ0) is 13.0. The molecule has 2 unspecified atom stereocenters. The predicted molar refractivity (Wildman–Crippen MR) is 70.5 cm³/mol. The quantitative estimate of drug-likeness (QED) is 0.890. The minimum absolute atomic E-state index is 0.221. The van der Waals surface area contributed by atoms with Crippen molar-refractivity contribution >= 4 is 0 Å². The third kappa shape index (κ3) is 3.21. The molecule has 0 saturated heterocycles.